The van der Waals surface area contributed by atoms with Crippen molar-refractivity contribution in [3.63, 3.8) is 0 Å². The van der Waals surface area contributed by atoms with Crippen molar-refractivity contribution in [2.24, 2.45) is 0 Å². The van der Waals surface area contributed by atoms with Gasteiger partial charge in [0.15, 0.2) is 0 Å². The fourth-order valence-corrected chi connectivity index (χ4v) is 3.89. The Kier molecular flexibility index (Phi) is 7.74. The minimum Gasteiger partial charge on any atom is -0.369 e. The number of halogens is 1. The third-order valence-electron chi connectivity index (χ3n) is 5.28. The monoisotopic (exact) mass is 555 g/mol. The van der Waals surface area contributed by atoms with Crippen LogP contribution < -0.4 is 20.9 Å². The number of aromatic nitrogens is 2. The molecule has 1 amide bonds. The predicted molar refractivity (Wildman–Crippen MR) is 142 cm³/mol. The summed E-state index contributed by atoms with van der Waals surface area (Å²) in [5.41, 5.74) is 4.02. The molecule has 4 rings (SSSR count). The first-order valence-electron chi connectivity index (χ1n) is 10.7. The van der Waals surface area contributed by atoms with E-state index in [4.69, 9.17) is 0 Å². The molecule has 1 aliphatic heterocycles. The van der Waals surface area contributed by atoms with Crippen LogP contribution in [0.3, 0.4) is 0 Å². The Hall–Kier alpha value is -3.18. The second-order valence-corrected chi connectivity index (χ2v) is 8.97. The molecule has 0 saturated carbocycles. The van der Waals surface area contributed by atoms with Crippen molar-refractivity contribution in [3.8, 4) is 0 Å². The number of hydrogen-bond acceptors (Lipinski definition) is 7. The van der Waals surface area contributed by atoms with Crippen molar-refractivity contribution in [1.82, 2.24) is 13.1 Å². The van der Waals surface area contributed by atoms with Gasteiger partial charge in [-0.3, -0.25) is 4.79 Å². The summed E-state index contributed by atoms with van der Waals surface area (Å²) < 4.78 is 2.32. The molecule has 1 fully saturated rings. The average molecular weight is 555 g/mol. The SMILES string of the molecule is C=CC(=O)Nc1ccc(CNc2cc(Nc3ccc(N4CCN(I)CC4)cc3)ncn2)cc1. The molecule has 3 aromatic rings. The van der Waals surface area contributed by atoms with Crippen molar-refractivity contribution >= 4 is 57.5 Å². The van der Waals surface area contributed by atoms with Gasteiger partial charge in [-0.2, -0.15) is 0 Å². The number of carbonyl (C=O) groups is 1. The van der Waals surface area contributed by atoms with E-state index in [1.165, 1.54) is 18.1 Å². The smallest absolute Gasteiger partial charge is 0.247 e. The standard InChI is InChI=1S/C24H26IN7O/c1-2-24(33)30-20-5-3-18(4-6-20)16-26-22-15-23(28-17-27-22)29-19-7-9-21(10-8-19)31-11-13-32(25)14-12-31/h2-10,15,17H,1,11-14,16H2,(H,30,33)(H2,26,27,28,29). The molecule has 0 unspecified atom stereocenters. The second kappa shape index (κ2) is 11.1. The maximum absolute atomic E-state index is 11.4. The summed E-state index contributed by atoms with van der Waals surface area (Å²) in [6, 6.07) is 17.9. The molecule has 2 aromatic carbocycles. The van der Waals surface area contributed by atoms with E-state index in [0.29, 0.717) is 6.54 Å². The number of nitrogens with one attached hydrogen (secondary N) is 3. The van der Waals surface area contributed by atoms with Crippen LogP contribution in [0.2, 0.25) is 0 Å². The van der Waals surface area contributed by atoms with E-state index in [2.05, 4.69) is 87.6 Å². The highest BCUT2D eigenvalue weighted by molar-refractivity contribution is 14.1. The van der Waals surface area contributed by atoms with Gasteiger partial charge in [0.25, 0.3) is 0 Å². The van der Waals surface area contributed by atoms with E-state index in [1.54, 1.807) is 0 Å². The van der Waals surface area contributed by atoms with Crippen molar-refractivity contribution in [2.45, 2.75) is 6.54 Å². The number of benzene rings is 2. The van der Waals surface area contributed by atoms with Crippen molar-refractivity contribution in [3.05, 3.63) is 79.1 Å². The molecule has 0 atom stereocenters. The topological polar surface area (TPSA) is 85.4 Å². The molecule has 9 heteroatoms. The normalized spacial score (nSPS) is 13.9. The van der Waals surface area contributed by atoms with Crippen molar-refractivity contribution in [1.29, 1.82) is 0 Å². The number of piperazine rings is 1. The van der Waals surface area contributed by atoms with Gasteiger partial charge in [-0.05, 0) is 48.0 Å². The Morgan fingerprint density at radius 2 is 1.64 bits per heavy atom. The number of hydrogen-bond donors (Lipinski definition) is 3. The highest BCUT2D eigenvalue weighted by Crippen LogP contribution is 2.23. The van der Waals surface area contributed by atoms with Crippen molar-refractivity contribution in [2.75, 3.05) is 47.0 Å². The molecule has 0 bridgehead atoms. The number of rotatable bonds is 8. The molecule has 8 nitrogen and oxygen atoms in total. The summed E-state index contributed by atoms with van der Waals surface area (Å²) in [6.45, 7) is 8.30. The van der Waals surface area contributed by atoms with Crippen LogP contribution in [0.5, 0.6) is 0 Å². The molecule has 1 aromatic heterocycles. The lowest BCUT2D eigenvalue weighted by molar-refractivity contribution is -0.111. The first kappa shape index (κ1) is 23.0. The lowest BCUT2D eigenvalue weighted by Gasteiger charge is -2.33. The molecular weight excluding hydrogens is 529 g/mol. The zero-order valence-corrected chi connectivity index (χ0v) is 20.3. The molecule has 1 aliphatic rings. The summed E-state index contributed by atoms with van der Waals surface area (Å²) in [6.07, 6.45) is 2.79. The van der Waals surface area contributed by atoms with Crippen LogP contribution in [0.4, 0.5) is 28.7 Å². The van der Waals surface area contributed by atoms with Crippen LogP contribution in [0, 0.1) is 0 Å². The summed E-state index contributed by atoms with van der Waals surface area (Å²) in [5, 5.41) is 9.39. The van der Waals surface area contributed by atoms with Crippen molar-refractivity contribution < 1.29 is 4.79 Å². The van der Waals surface area contributed by atoms with Crippen LogP contribution in [-0.2, 0) is 11.3 Å². The number of nitrogens with zero attached hydrogens (tertiary/aromatic N) is 4. The van der Waals surface area contributed by atoms with Gasteiger partial charge >= 0.3 is 0 Å². The largest absolute Gasteiger partial charge is 0.369 e. The van der Waals surface area contributed by atoms with E-state index in [9.17, 15) is 4.79 Å². The van der Waals surface area contributed by atoms with E-state index in [1.807, 2.05) is 30.3 Å². The number of carbonyl (C=O) groups excluding carboxylic acids is 1. The molecule has 0 aliphatic carbocycles. The van der Waals surface area contributed by atoms with E-state index in [-0.39, 0.29) is 5.91 Å². The first-order chi connectivity index (χ1) is 16.1. The first-order valence-corrected chi connectivity index (χ1v) is 11.7. The van der Waals surface area contributed by atoms with Gasteiger partial charge in [0, 0.05) is 78.7 Å². The van der Waals surface area contributed by atoms with Gasteiger partial charge in [0.05, 0.1) is 0 Å². The highest BCUT2D eigenvalue weighted by Gasteiger charge is 2.15. The average Bonchev–Trinajstić information content (AvgIpc) is 2.85. The number of anilines is 5. The minimum absolute atomic E-state index is 0.226. The quantitative estimate of drug-likeness (QED) is 0.216. The lowest BCUT2D eigenvalue weighted by atomic mass is 10.2. The fraction of sp³-hybridized carbons (Fsp3) is 0.208. The molecule has 0 radical (unpaired) electrons. The zero-order valence-electron chi connectivity index (χ0n) is 18.2. The van der Waals surface area contributed by atoms with Crippen LogP contribution in [0.15, 0.2) is 73.6 Å². The molecular formula is C24H26IN7O. The Morgan fingerprint density at radius 1 is 0.970 bits per heavy atom. The van der Waals surface area contributed by atoms with E-state index >= 15 is 0 Å². The predicted octanol–water partition coefficient (Wildman–Crippen LogP) is 4.43. The molecule has 33 heavy (non-hydrogen) atoms. The van der Waals surface area contributed by atoms with Gasteiger partial charge in [-0.15, -0.1) is 0 Å². The van der Waals surface area contributed by atoms with Crippen LogP contribution in [-0.4, -0.2) is 45.2 Å². The third kappa shape index (κ3) is 6.65. The highest BCUT2D eigenvalue weighted by atomic mass is 127. The summed E-state index contributed by atoms with van der Waals surface area (Å²) in [7, 11) is 0. The van der Waals surface area contributed by atoms with Crippen LogP contribution >= 0.6 is 22.9 Å². The van der Waals surface area contributed by atoms with Gasteiger partial charge in [0.1, 0.15) is 18.0 Å². The molecule has 2 heterocycles. The Bertz CT molecular complexity index is 1080. The maximum Gasteiger partial charge on any atom is 0.247 e. The van der Waals surface area contributed by atoms with E-state index < -0.39 is 0 Å². The van der Waals surface area contributed by atoms with Gasteiger partial charge in [0.2, 0.25) is 5.91 Å². The van der Waals surface area contributed by atoms with Gasteiger partial charge in [-0.25, -0.2) is 13.1 Å². The molecule has 0 spiro atoms. The van der Waals surface area contributed by atoms with Gasteiger partial charge in [-0.1, -0.05) is 18.7 Å². The second-order valence-electron chi connectivity index (χ2n) is 7.60. The van der Waals surface area contributed by atoms with Crippen LogP contribution in [0.1, 0.15) is 5.56 Å². The summed E-state index contributed by atoms with van der Waals surface area (Å²) in [5.74, 6) is 1.22. The number of amides is 1. The Morgan fingerprint density at radius 3 is 2.33 bits per heavy atom. The summed E-state index contributed by atoms with van der Waals surface area (Å²) >= 11 is 2.38. The fourth-order valence-electron chi connectivity index (χ4n) is 3.46. The minimum atomic E-state index is -0.226. The maximum atomic E-state index is 11.4. The summed E-state index contributed by atoms with van der Waals surface area (Å²) in [4.78, 5) is 22.4. The molecule has 3 N–H and O–H groups in total. The van der Waals surface area contributed by atoms with Crippen LogP contribution in [0.25, 0.3) is 0 Å². The lowest BCUT2D eigenvalue weighted by Crippen LogP contribution is -2.42. The Labute approximate surface area is 207 Å². The third-order valence-corrected chi connectivity index (χ3v) is 6.24. The zero-order chi connectivity index (χ0) is 23.0. The Balaban J connectivity index is 1.31. The van der Waals surface area contributed by atoms with E-state index in [0.717, 1.165) is 54.8 Å². The molecule has 1 saturated heterocycles. The van der Waals surface area contributed by atoms with Gasteiger partial charge < -0.3 is 20.9 Å². The molecule has 170 valence electrons.